The second-order valence-electron chi connectivity index (χ2n) is 4.91. The quantitative estimate of drug-likeness (QED) is 0.515. The van der Waals surface area contributed by atoms with E-state index in [1.54, 1.807) is 16.1 Å². The summed E-state index contributed by atoms with van der Waals surface area (Å²) < 4.78 is 26.1. The Morgan fingerprint density at radius 3 is 2.65 bits per heavy atom. The summed E-state index contributed by atoms with van der Waals surface area (Å²) in [5.41, 5.74) is 7.47. The third-order valence-corrected chi connectivity index (χ3v) is 6.27. The molecule has 0 unspecified atom stereocenters. The number of nitrogens with zero attached hydrogens (tertiary/aromatic N) is 1. The van der Waals surface area contributed by atoms with E-state index in [9.17, 15) is 8.42 Å². The van der Waals surface area contributed by atoms with Crippen molar-refractivity contribution in [3.05, 3.63) is 35.9 Å². The minimum Gasteiger partial charge on any atom is -0.399 e. The summed E-state index contributed by atoms with van der Waals surface area (Å²) in [7, 11) is -3.15. The summed E-state index contributed by atoms with van der Waals surface area (Å²) in [6, 6.07) is 7.49. The standard InChI is InChI=1S/C14H20N2O2S2/c1-12-3-2-8-16(11-12)20(17,18)10-9-19-14-6-4-13(15)5-7-14/h3-7H,2,8-11,15H2,1H3. The Balaban J connectivity index is 1.86. The smallest absolute Gasteiger partial charge is 0.215 e. The Bertz CT molecular complexity index is 580. The maximum Gasteiger partial charge on any atom is 0.215 e. The van der Waals surface area contributed by atoms with Gasteiger partial charge in [0.15, 0.2) is 0 Å². The molecule has 20 heavy (non-hydrogen) atoms. The van der Waals surface area contributed by atoms with Crippen LogP contribution in [0.3, 0.4) is 0 Å². The third kappa shape index (κ3) is 4.26. The van der Waals surface area contributed by atoms with Gasteiger partial charge in [-0.1, -0.05) is 11.6 Å². The molecule has 4 nitrogen and oxygen atoms in total. The minimum absolute atomic E-state index is 0.176. The Hall–Kier alpha value is -0.980. The van der Waals surface area contributed by atoms with Crippen LogP contribution in [-0.4, -0.2) is 37.3 Å². The maximum absolute atomic E-state index is 12.2. The lowest BCUT2D eigenvalue weighted by Crippen LogP contribution is -2.37. The molecule has 1 aromatic carbocycles. The normalized spacial score (nSPS) is 16.9. The molecule has 2 N–H and O–H groups in total. The fourth-order valence-corrected chi connectivity index (χ4v) is 4.85. The second kappa shape index (κ2) is 6.65. The van der Waals surface area contributed by atoms with Crippen LogP contribution >= 0.6 is 11.8 Å². The highest BCUT2D eigenvalue weighted by molar-refractivity contribution is 8.00. The Labute approximate surface area is 125 Å². The fourth-order valence-electron chi connectivity index (χ4n) is 2.07. The van der Waals surface area contributed by atoms with Gasteiger partial charge in [-0.2, -0.15) is 4.31 Å². The molecule has 1 heterocycles. The van der Waals surface area contributed by atoms with E-state index in [0.29, 0.717) is 18.8 Å². The van der Waals surface area contributed by atoms with Crippen molar-refractivity contribution >= 4 is 27.5 Å². The fraction of sp³-hybridized carbons (Fsp3) is 0.429. The monoisotopic (exact) mass is 312 g/mol. The average molecular weight is 312 g/mol. The van der Waals surface area contributed by atoms with E-state index in [-0.39, 0.29) is 5.75 Å². The van der Waals surface area contributed by atoms with Gasteiger partial charge in [0.05, 0.1) is 5.75 Å². The van der Waals surface area contributed by atoms with Crippen molar-refractivity contribution in [2.75, 3.05) is 30.3 Å². The molecule has 0 bridgehead atoms. The van der Waals surface area contributed by atoms with Gasteiger partial charge in [0.2, 0.25) is 10.0 Å². The molecule has 1 aromatic rings. The van der Waals surface area contributed by atoms with Crippen LogP contribution in [0.5, 0.6) is 0 Å². The van der Waals surface area contributed by atoms with Gasteiger partial charge < -0.3 is 5.73 Å². The number of hydrogen-bond donors (Lipinski definition) is 1. The molecular weight excluding hydrogens is 292 g/mol. The molecule has 0 aromatic heterocycles. The van der Waals surface area contributed by atoms with Gasteiger partial charge in [-0.3, -0.25) is 0 Å². The number of hydrogen-bond acceptors (Lipinski definition) is 4. The zero-order valence-electron chi connectivity index (χ0n) is 11.6. The SMILES string of the molecule is CC1=CCCN(S(=O)(=O)CCSc2ccc(N)cc2)C1. The Morgan fingerprint density at radius 2 is 2.00 bits per heavy atom. The van der Waals surface area contributed by atoms with Crippen LogP contribution < -0.4 is 5.73 Å². The van der Waals surface area contributed by atoms with Crippen molar-refractivity contribution in [2.24, 2.45) is 0 Å². The summed E-state index contributed by atoms with van der Waals surface area (Å²) in [6.45, 7) is 3.12. The molecule has 0 amide bonds. The molecule has 0 atom stereocenters. The van der Waals surface area contributed by atoms with Crippen LogP contribution in [0, 0.1) is 0 Å². The van der Waals surface area contributed by atoms with Crippen LogP contribution in [0.2, 0.25) is 0 Å². The largest absolute Gasteiger partial charge is 0.399 e. The zero-order valence-corrected chi connectivity index (χ0v) is 13.2. The molecule has 0 saturated carbocycles. The van der Waals surface area contributed by atoms with Crippen molar-refractivity contribution in [2.45, 2.75) is 18.2 Å². The molecule has 0 fully saturated rings. The predicted octanol–water partition coefficient (Wildman–Crippen LogP) is 2.34. The van der Waals surface area contributed by atoms with Crippen LogP contribution in [0.4, 0.5) is 5.69 Å². The first-order valence-corrected chi connectivity index (χ1v) is 9.19. The van der Waals surface area contributed by atoms with Crippen molar-refractivity contribution in [3.63, 3.8) is 0 Å². The van der Waals surface area contributed by atoms with E-state index in [4.69, 9.17) is 5.73 Å². The van der Waals surface area contributed by atoms with E-state index >= 15 is 0 Å². The van der Waals surface area contributed by atoms with Crippen LogP contribution in [0.1, 0.15) is 13.3 Å². The van der Waals surface area contributed by atoms with Gasteiger partial charge in [0.25, 0.3) is 0 Å². The molecule has 6 heteroatoms. The molecule has 110 valence electrons. The topological polar surface area (TPSA) is 63.4 Å². The Kier molecular flexibility index (Phi) is 5.12. The second-order valence-corrected chi connectivity index (χ2v) is 8.16. The van der Waals surface area contributed by atoms with Crippen LogP contribution in [-0.2, 0) is 10.0 Å². The van der Waals surface area contributed by atoms with E-state index in [2.05, 4.69) is 6.08 Å². The number of nitrogens with two attached hydrogens (primary N) is 1. The van der Waals surface area contributed by atoms with E-state index in [0.717, 1.165) is 22.6 Å². The minimum atomic E-state index is -3.15. The summed E-state index contributed by atoms with van der Waals surface area (Å²) in [5, 5.41) is 0. The first kappa shape index (κ1) is 15.4. The summed E-state index contributed by atoms with van der Waals surface area (Å²) in [5.74, 6) is 0.737. The molecule has 1 aliphatic heterocycles. The summed E-state index contributed by atoms with van der Waals surface area (Å²) >= 11 is 1.54. The van der Waals surface area contributed by atoms with E-state index < -0.39 is 10.0 Å². The lowest BCUT2D eigenvalue weighted by atomic mass is 10.2. The molecule has 1 aliphatic rings. The van der Waals surface area contributed by atoms with Crippen molar-refractivity contribution in [3.8, 4) is 0 Å². The highest BCUT2D eigenvalue weighted by Crippen LogP contribution is 2.21. The molecule has 0 saturated heterocycles. The lowest BCUT2D eigenvalue weighted by Gasteiger charge is -2.25. The highest BCUT2D eigenvalue weighted by atomic mass is 32.2. The van der Waals surface area contributed by atoms with Crippen LogP contribution in [0.15, 0.2) is 40.8 Å². The number of benzene rings is 1. The summed E-state index contributed by atoms with van der Waals surface area (Å²) in [4.78, 5) is 1.05. The average Bonchev–Trinajstić information content (AvgIpc) is 2.41. The number of rotatable bonds is 5. The molecule has 0 radical (unpaired) electrons. The lowest BCUT2D eigenvalue weighted by molar-refractivity contribution is 0.429. The predicted molar refractivity (Wildman–Crippen MR) is 85.3 cm³/mol. The van der Waals surface area contributed by atoms with Crippen molar-refractivity contribution in [1.82, 2.24) is 4.31 Å². The summed E-state index contributed by atoms with van der Waals surface area (Å²) in [6.07, 6.45) is 2.92. The molecule has 0 aliphatic carbocycles. The van der Waals surface area contributed by atoms with Gasteiger partial charge in [-0.15, -0.1) is 11.8 Å². The van der Waals surface area contributed by atoms with Gasteiger partial charge in [0.1, 0.15) is 0 Å². The number of nitrogen functional groups attached to an aromatic ring is 1. The number of anilines is 1. The maximum atomic E-state index is 12.2. The van der Waals surface area contributed by atoms with Crippen molar-refractivity contribution in [1.29, 1.82) is 0 Å². The zero-order chi connectivity index (χ0) is 14.6. The van der Waals surface area contributed by atoms with Gasteiger partial charge >= 0.3 is 0 Å². The number of sulfonamides is 1. The molecular formula is C14H20N2O2S2. The highest BCUT2D eigenvalue weighted by Gasteiger charge is 2.23. The van der Waals surface area contributed by atoms with E-state index in [1.807, 2.05) is 31.2 Å². The molecule has 2 rings (SSSR count). The third-order valence-electron chi connectivity index (χ3n) is 3.18. The molecule has 0 spiro atoms. The Morgan fingerprint density at radius 1 is 1.30 bits per heavy atom. The van der Waals surface area contributed by atoms with Gasteiger partial charge in [-0.05, 0) is 37.6 Å². The van der Waals surface area contributed by atoms with Crippen molar-refractivity contribution < 1.29 is 8.42 Å². The first-order valence-electron chi connectivity index (χ1n) is 6.59. The van der Waals surface area contributed by atoms with E-state index in [1.165, 1.54) is 0 Å². The van der Waals surface area contributed by atoms with Gasteiger partial charge in [-0.25, -0.2) is 8.42 Å². The number of thioether (sulfide) groups is 1. The van der Waals surface area contributed by atoms with Crippen LogP contribution in [0.25, 0.3) is 0 Å². The first-order chi connectivity index (χ1) is 9.47. The van der Waals surface area contributed by atoms with Gasteiger partial charge in [0, 0.05) is 29.4 Å².